The van der Waals surface area contributed by atoms with Gasteiger partial charge in [-0.05, 0) is 12.1 Å². The average molecular weight is 171 g/mol. The summed E-state index contributed by atoms with van der Waals surface area (Å²) in [7, 11) is 0. The Hall–Kier alpha value is -1.90. The number of rotatable bonds is 2. The van der Waals surface area contributed by atoms with Crippen LogP contribution in [0.4, 0.5) is 0 Å². The summed E-state index contributed by atoms with van der Waals surface area (Å²) in [6.07, 6.45) is 4.04. The van der Waals surface area contributed by atoms with Gasteiger partial charge in [-0.3, -0.25) is 0 Å². The zero-order valence-electron chi connectivity index (χ0n) is 6.84. The van der Waals surface area contributed by atoms with Crippen LogP contribution in [-0.2, 0) is 0 Å². The Morgan fingerprint density at radius 3 is 2.69 bits per heavy atom. The fourth-order valence-electron chi connectivity index (χ4n) is 0.914. The first-order valence-corrected chi connectivity index (χ1v) is 3.86. The highest BCUT2D eigenvalue weighted by Gasteiger charge is 1.94. The van der Waals surface area contributed by atoms with Gasteiger partial charge in [0.25, 0.3) is 0 Å². The Labute approximate surface area is 76.0 Å². The van der Waals surface area contributed by atoms with Crippen LogP contribution < -0.4 is 4.74 Å². The normalized spacial score (nSPS) is 9.54. The molecule has 0 aliphatic carbocycles. The molecule has 0 N–H and O–H groups in total. The maximum absolute atomic E-state index is 5.40. The van der Waals surface area contributed by atoms with E-state index in [0.717, 1.165) is 5.75 Å². The quantitative estimate of drug-likeness (QED) is 0.693. The molecule has 2 rings (SSSR count). The lowest BCUT2D eigenvalue weighted by Crippen LogP contribution is -1.86. The second-order valence-electron chi connectivity index (χ2n) is 2.40. The molecule has 1 heterocycles. The van der Waals surface area contributed by atoms with E-state index >= 15 is 0 Å². The van der Waals surface area contributed by atoms with E-state index in [1.807, 2.05) is 30.3 Å². The molecule has 0 aliphatic heterocycles. The van der Waals surface area contributed by atoms with Crippen molar-refractivity contribution in [3.05, 3.63) is 48.9 Å². The highest BCUT2D eigenvalue weighted by molar-refractivity contribution is 5.25. The van der Waals surface area contributed by atoms with Crippen molar-refractivity contribution in [2.24, 2.45) is 0 Å². The number of benzene rings is 1. The number of aromatic nitrogens is 2. The van der Waals surface area contributed by atoms with E-state index < -0.39 is 0 Å². The van der Waals surface area contributed by atoms with Gasteiger partial charge in [0.05, 0.1) is 6.20 Å². The molecule has 63 valence electrons. The van der Waals surface area contributed by atoms with Crippen molar-refractivity contribution in [1.29, 1.82) is 0 Å². The fraction of sp³-hybridized carbons (Fsp3) is 0. The first kappa shape index (κ1) is 7.73. The van der Waals surface area contributed by atoms with E-state index in [4.69, 9.17) is 4.74 Å². The standard InChI is InChI=1S/C10H7N2O/c1-2-4-9(5-3-1)13-10-6-7-11-8-12-10/h1-6,8H. The maximum Gasteiger partial charge on any atom is 0.222 e. The third kappa shape index (κ3) is 2.02. The van der Waals surface area contributed by atoms with Gasteiger partial charge in [-0.15, -0.1) is 0 Å². The number of para-hydroxylation sites is 1. The Kier molecular flexibility index (Phi) is 2.18. The van der Waals surface area contributed by atoms with Crippen LogP contribution in [0.3, 0.4) is 0 Å². The maximum atomic E-state index is 5.40. The molecule has 0 atom stereocenters. The second-order valence-corrected chi connectivity index (χ2v) is 2.40. The highest BCUT2D eigenvalue weighted by Crippen LogP contribution is 2.16. The molecule has 1 aromatic heterocycles. The molecular formula is C10H7N2O. The van der Waals surface area contributed by atoms with Crippen LogP contribution in [0.1, 0.15) is 0 Å². The van der Waals surface area contributed by atoms with Crippen molar-refractivity contribution in [3.8, 4) is 11.6 Å². The molecule has 3 nitrogen and oxygen atoms in total. The van der Waals surface area contributed by atoms with Crippen LogP contribution >= 0.6 is 0 Å². The van der Waals surface area contributed by atoms with Gasteiger partial charge in [0.2, 0.25) is 5.88 Å². The van der Waals surface area contributed by atoms with Crippen molar-refractivity contribution in [3.63, 3.8) is 0 Å². The summed E-state index contributed by atoms with van der Waals surface area (Å²) in [5.41, 5.74) is 0. The first-order chi connectivity index (χ1) is 6.45. The van der Waals surface area contributed by atoms with E-state index in [0.29, 0.717) is 5.88 Å². The Morgan fingerprint density at radius 1 is 1.15 bits per heavy atom. The molecule has 1 radical (unpaired) electrons. The molecule has 0 saturated heterocycles. The molecule has 13 heavy (non-hydrogen) atoms. The summed E-state index contributed by atoms with van der Waals surface area (Å²) in [6, 6.07) is 11.1. The summed E-state index contributed by atoms with van der Waals surface area (Å²) >= 11 is 0. The minimum Gasteiger partial charge on any atom is -0.439 e. The van der Waals surface area contributed by atoms with E-state index in [9.17, 15) is 0 Å². The number of ether oxygens (including phenoxy) is 1. The minimum absolute atomic E-state index is 0.501. The zero-order chi connectivity index (χ0) is 8.93. The molecule has 2 aromatic rings. The second kappa shape index (κ2) is 3.67. The van der Waals surface area contributed by atoms with Crippen molar-refractivity contribution in [1.82, 2.24) is 9.97 Å². The van der Waals surface area contributed by atoms with Crippen LogP contribution in [0.25, 0.3) is 0 Å². The number of hydrogen-bond acceptors (Lipinski definition) is 3. The number of hydrogen-bond donors (Lipinski definition) is 0. The van der Waals surface area contributed by atoms with E-state index in [1.165, 1.54) is 6.33 Å². The van der Waals surface area contributed by atoms with Crippen LogP contribution in [0, 0.1) is 6.20 Å². The molecule has 0 aliphatic rings. The predicted octanol–water partition coefficient (Wildman–Crippen LogP) is 2.07. The Balaban J connectivity index is 2.16. The van der Waals surface area contributed by atoms with Gasteiger partial charge in [-0.2, -0.15) is 0 Å². The van der Waals surface area contributed by atoms with Crippen molar-refractivity contribution in [2.45, 2.75) is 0 Å². The van der Waals surface area contributed by atoms with Gasteiger partial charge in [-0.25, -0.2) is 9.97 Å². The summed E-state index contributed by atoms with van der Waals surface area (Å²) in [4.78, 5) is 7.58. The van der Waals surface area contributed by atoms with Crippen LogP contribution in [0.2, 0.25) is 0 Å². The molecule has 0 amide bonds. The summed E-state index contributed by atoms with van der Waals surface area (Å²) in [6.45, 7) is 0. The third-order valence-corrected chi connectivity index (χ3v) is 1.47. The predicted molar refractivity (Wildman–Crippen MR) is 47.4 cm³/mol. The number of nitrogens with zero attached hydrogens (tertiary/aromatic N) is 2. The van der Waals surface area contributed by atoms with Crippen molar-refractivity contribution in [2.75, 3.05) is 0 Å². The topological polar surface area (TPSA) is 35.0 Å². The molecule has 0 spiro atoms. The minimum atomic E-state index is 0.501. The van der Waals surface area contributed by atoms with Crippen LogP contribution in [-0.4, -0.2) is 9.97 Å². The van der Waals surface area contributed by atoms with Gasteiger partial charge in [0.1, 0.15) is 12.1 Å². The SMILES string of the molecule is [c]1cc(Oc2ccccc2)ncn1. The van der Waals surface area contributed by atoms with E-state index in [2.05, 4.69) is 16.2 Å². The van der Waals surface area contributed by atoms with Gasteiger partial charge in [0.15, 0.2) is 0 Å². The monoisotopic (exact) mass is 171 g/mol. The van der Waals surface area contributed by atoms with Crippen LogP contribution in [0.15, 0.2) is 42.7 Å². The highest BCUT2D eigenvalue weighted by atomic mass is 16.5. The van der Waals surface area contributed by atoms with Crippen LogP contribution in [0.5, 0.6) is 11.6 Å². The average Bonchev–Trinajstić information content (AvgIpc) is 2.21. The molecule has 0 unspecified atom stereocenters. The van der Waals surface area contributed by atoms with Gasteiger partial charge in [0, 0.05) is 6.07 Å². The molecule has 0 bridgehead atoms. The molecular weight excluding hydrogens is 164 g/mol. The lowest BCUT2D eigenvalue weighted by atomic mass is 10.3. The Morgan fingerprint density at radius 2 is 2.00 bits per heavy atom. The summed E-state index contributed by atoms with van der Waals surface area (Å²) < 4.78 is 5.40. The Bertz CT molecular complexity index is 324. The van der Waals surface area contributed by atoms with Crippen molar-refractivity contribution < 1.29 is 4.74 Å². The summed E-state index contributed by atoms with van der Waals surface area (Å²) in [5.74, 6) is 1.26. The summed E-state index contributed by atoms with van der Waals surface area (Å²) in [5, 5.41) is 0. The third-order valence-electron chi connectivity index (χ3n) is 1.47. The van der Waals surface area contributed by atoms with E-state index in [1.54, 1.807) is 6.07 Å². The van der Waals surface area contributed by atoms with Gasteiger partial charge < -0.3 is 4.74 Å². The molecule has 0 fully saturated rings. The molecule has 3 heteroatoms. The lowest BCUT2D eigenvalue weighted by molar-refractivity contribution is 0.461. The van der Waals surface area contributed by atoms with Gasteiger partial charge in [-0.1, -0.05) is 18.2 Å². The fourth-order valence-corrected chi connectivity index (χ4v) is 0.914. The van der Waals surface area contributed by atoms with E-state index in [-0.39, 0.29) is 0 Å². The molecule has 1 aromatic carbocycles. The van der Waals surface area contributed by atoms with Crippen molar-refractivity contribution >= 4 is 0 Å². The zero-order valence-corrected chi connectivity index (χ0v) is 6.84. The first-order valence-electron chi connectivity index (χ1n) is 3.86. The molecule has 0 saturated carbocycles. The largest absolute Gasteiger partial charge is 0.439 e. The lowest BCUT2D eigenvalue weighted by Gasteiger charge is -2.01. The van der Waals surface area contributed by atoms with Gasteiger partial charge >= 0.3 is 0 Å². The smallest absolute Gasteiger partial charge is 0.222 e.